The van der Waals surface area contributed by atoms with E-state index >= 15 is 0 Å². The number of amides is 1. The van der Waals surface area contributed by atoms with E-state index in [2.05, 4.69) is 159 Å². The Kier molecular flexibility index (Phi) is 47.8. The average molecular weight is 1750 g/mol. The number of nitrogens with one attached hydrogen (secondary N) is 2. The van der Waals surface area contributed by atoms with Crippen LogP contribution in [0.15, 0.2) is 109 Å². The predicted molar refractivity (Wildman–Crippen MR) is 512 cm³/mol. The number of methoxy groups -OCH3 is 6. The van der Waals surface area contributed by atoms with Crippen LogP contribution in [0.25, 0.3) is 0 Å². The number of ether oxygens (including phenoxy) is 6. The van der Waals surface area contributed by atoms with E-state index in [0.717, 1.165) is 171 Å². The monoisotopic (exact) mass is 1750 g/mol. The molecule has 30 nitrogen and oxygen atoms in total. The molecule has 6 aliphatic heterocycles. The fourth-order valence-corrected chi connectivity index (χ4v) is 14.7. The maximum absolute atomic E-state index is 11.3. The first-order chi connectivity index (χ1) is 58.8. The number of likely N-dealkylation sites (N-methyl/N-ethyl adjacent to an activating group) is 2. The lowest BCUT2D eigenvalue weighted by atomic mass is 9.86. The number of piperidine rings is 1. The molecule has 6 saturated heterocycles. The fourth-order valence-electron chi connectivity index (χ4n) is 14.6. The Morgan fingerprint density at radius 1 is 0.435 bits per heavy atom. The Morgan fingerprint density at radius 2 is 0.734 bits per heavy atom. The highest BCUT2D eigenvalue weighted by atomic mass is 35.5. The van der Waals surface area contributed by atoms with Crippen molar-refractivity contribution < 1.29 is 48.0 Å². The number of nitrogens with zero attached hydrogens (tertiary/aromatic N) is 12. The molecule has 8 N–H and O–H groups in total. The Balaban J connectivity index is 0.000000296. The zero-order chi connectivity index (χ0) is 92.2. The summed E-state index contributed by atoms with van der Waals surface area (Å²) < 4.78 is 30.6. The van der Waals surface area contributed by atoms with Crippen molar-refractivity contribution in [2.75, 3.05) is 242 Å². The number of hydrogen-bond donors (Lipinski definition) is 5. The van der Waals surface area contributed by atoms with Gasteiger partial charge in [-0.05, 0) is 144 Å². The number of carbonyl (C=O) groups excluding carboxylic acids is 1. The van der Waals surface area contributed by atoms with Gasteiger partial charge in [-0.2, -0.15) is 0 Å². The second-order valence-electron chi connectivity index (χ2n) is 34.9. The molecule has 31 heteroatoms. The van der Waals surface area contributed by atoms with Crippen molar-refractivity contribution in [1.82, 2.24) is 30.2 Å². The molecule has 0 bridgehead atoms. The lowest BCUT2D eigenvalue weighted by Gasteiger charge is -2.38. The summed E-state index contributed by atoms with van der Waals surface area (Å²) in [7, 11) is 13.4. The average Bonchev–Trinajstić information content (AvgIpc) is 1.17. The molecule has 0 unspecified atom stereocenters. The van der Waals surface area contributed by atoms with E-state index in [-0.39, 0.29) is 28.7 Å². The van der Waals surface area contributed by atoms with Crippen molar-refractivity contribution >= 4 is 80.1 Å². The van der Waals surface area contributed by atoms with Crippen LogP contribution in [-0.2, 0) is 4.79 Å². The smallest absolute Gasteiger partial charge is 0.311 e. The number of carbonyl (C=O) groups is 1. The molecule has 6 aromatic rings. The Bertz CT molecular complexity index is 4060. The molecule has 124 heavy (non-hydrogen) atoms. The van der Waals surface area contributed by atoms with Gasteiger partial charge in [-0.1, -0.05) is 107 Å². The van der Waals surface area contributed by atoms with Crippen LogP contribution in [0, 0.1) is 53.0 Å². The number of piperazine rings is 5. The number of benzene rings is 6. The largest absolute Gasteiger partial charge is 0.495 e. The minimum absolute atomic E-state index is 0.00591. The van der Waals surface area contributed by atoms with Gasteiger partial charge in [-0.3, -0.25) is 40.0 Å². The summed E-state index contributed by atoms with van der Waals surface area (Å²) in [6.45, 7) is 50.6. The third kappa shape index (κ3) is 39.6. The van der Waals surface area contributed by atoms with Gasteiger partial charge in [0.05, 0.1) is 74.5 Å². The standard InChI is InChI=1S/C14H23N3O.C13H19N3O2.C12H17N3O3.C12H19N3O.C11H15N3O3.C8H16.C8H18.C7H6ClNO3.C5H11N.C3H8/c1-11(2)16-6-8-17(9-7-16)12-4-5-13(15)14(10-12)18-3;1-10(17)15-5-7-16(8-6-15)11-3-4-12(14)13(9-11)18-2;1-13-5-7-14(8-6-13)10-3-4-11(15(16)17)12(9-10)18-2;1-14-5-7-15(8-6-14)10-3-4-11(13)12(9-10)16-2;1-17-11-8-9(2-3-10(11)14(15)16)13-6-4-12-5-7-13;1-8(2,3)6-7-4-5-7;1-7(2)6-8(3,4)5;1-12-7-4-5(8)2-3-6(7)9(10)11;1-2-4-6-5-3-1;1-3-2/h4-5,10-11H,6-9,15H2,1-3H3;3-4,9H,5-8,14H2,1-2H3;3-4,9H,5-8H2,1-2H3;3-4,9H,5-8,13H2,1-2H3;2-3,8,12H,4-7H2,1H3;7H,4-6H2,1-3H3;7H,6H2,1-5H3;2-4H,1H3;6H,1-5H2;3H2,1-2H3. The van der Waals surface area contributed by atoms with Crippen molar-refractivity contribution in [1.29, 1.82) is 0 Å². The molecule has 0 aromatic heterocycles. The van der Waals surface area contributed by atoms with E-state index in [9.17, 15) is 35.1 Å². The van der Waals surface area contributed by atoms with Crippen molar-refractivity contribution in [2.24, 2.45) is 22.7 Å². The number of nitro groups is 3. The fraction of sp³-hybridized carbons (Fsp3) is 0.602. The van der Waals surface area contributed by atoms with Gasteiger partial charge in [-0.25, -0.2) is 0 Å². The minimum atomic E-state index is -0.519. The molecule has 0 atom stereocenters. The second kappa shape index (κ2) is 55.6. The van der Waals surface area contributed by atoms with Gasteiger partial charge >= 0.3 is 17.1 Å². The lowest BCUT2D eigenvalue weighted by Crippen LogP contribution is -2.48. The van der Waals surface area contributed by atoms with Crippen LogP contribution < -0.4 is 80.8 Å². The predicted octanol–water partition coefficient (Wildman–Crippen LogP) is 16.5. The van der Waals surface area contributed by atoms with Crippen LogP contribution in [0.3, 0.4) is 0 Å². The van der Waals surface area contributed by atoms with Gasteiger partial charge in [0.1, 0.15) is 17.2 Å². The molecule has 7 fully saturated rings. The normalized spacial score (nSPS) is 16.0. The highest BCUT2D eigenvalue weighted by molar-refractivity contribution is 6.30. The Hall–Kier alpha value is -9.72. The van der Waals surface area contributed by atoms with Crippen LogP contribution in [0.5, 0.6) is 34.5 Å². The number of anilines is 8. The highest BCUT2D eigenvalue weighted by Crippen LogP contribution is 2.40. The van der Waals surface area contributed by atoms with Crippen LogP contribution in [0.4, 0.5) is 62.6 Å². The topological polar surface area (TPSA) is 333 Å². The molecule has 0 spiro atoms. The summed E-state index contributed by atoms with van der Waals surface area (Å²) in [5, 5.41) is 38.9. The van der Waals surface area contributed by atoms with E-state index in [1.54, 1.807) is 52.5 Å². The molecular formula is C93H152ClN17O13. The Morgan fingerprint density at radius 3 is 0.992 bits per heavy atom. The quantitative estimate of drug-likeness (QED) is 0.0322. The van der Waals surface area contributed by atoms with Crippen LogP contribution in [0.1, 0.15) is 141 Å². The maximum atomic E-state index is 11.3. The van der Waals surface area contributed by atoms with E-state index < -0.39 is 14.8 Å². The van der Waals surface area contributed by atoms with Gasteiger partial charge in [0.25, 0.3) is 0 Å². The molecule has 6 aromatic carbocycles. The number of hydrogen-bond acceptors (Lipinski definition) is 26. The lowest BCUT2D eigenvalue weighted by molar-refractivity contribution is -0.385. The SMILES string of the molecule is C1CCNCC1.CC(C)(C)CC1CC1.CC(C)CC(C)(C)C.CCC.COc1cc(Cl)ccc1[N+](=O)[O-].COc1cc(N2CCN(C(C)=O)CC2)ccc1N.COc1cc(N2CCN(C(C)C)CC2)ccc1N.COc1cc(N2CCN(C)CC2)ccc1N.COc1cc(N2CCN(C)CC2)ccc1[N+](=O)[O-].COc1cc(N2CCNCC2)ccc1[N+](=O)[O-]. The van der Waals surface area contributed by atoms with Gasteiger partial charge < -0.3 is 95.5 Å². The minimum Gasteiger partial charge on any atom is -0.495 e. The Labute approximate surface area is 746 Å². The molecule has 7 aliphatic rings. The first-order valence-electron chi connectivity index (χ1n) is 43.8. The number of nitrogen functional groups attached to an aromatic ring is 3. The number of nitrogens with two attached hydrogens (primary N) is 3. The third-order valence-corrected chi connectivity index (χ3v) is 21.5. The maximum Gasteiger partial charge on any atom is 0.311 e. The molecule has 1 amide bonds. The van der Waals surface area contributed by atoms with Crippen molar-refractivity contribution in [3.8, 4) is 34.5 Å². The molecular weight excluding hydrogens is 1600 g/mol. The molecule has 694 valence electrons. The first kappa shape index (κ1) is 107. The zero-order valence-electron chi connectivity index (χ0n) is 78.6. The van der Waals surface area contributed by atoms with Crippen molar-refractivity contribution in [3.63, 3.8) is 0 Å². The second-order valence-corrected chi connectivity index (χ2v) is 35.3. The summed E-state index contributed by atoms with van der Waals surface area (Å²) in [6.07, 6.45) is 11.2. The molecule has 13 rings (SSSR count). The molecule has 1 saturated carbocycles. The summed E-state index contributed by atoms with van der Waals surface area (Å²) in [6, 6.07) is 32.6. The van der Waals surface area contributed by atoms with Crippen LogP contribution in [-0.4, -0.2) is 247 Å². The summed E-state index contributed by atoms with van der Waals surface area (Å²) >= 11 is 5.60. The van der Waals surface area contributed by atoms with E-state index in [0.29, 0.717) is 56.2 Å². The number of rotatable bonds is 17. The van der Waals surface area contributed by atoms with Crippen LogP contribution >= 0.6 is 11.6 Å². The molecule has 0 radical (unpaired) electrons. The number of halogens is 1. The van der Waals surface area contributed by atoms with Gasteiger partial charge in [0.15, 0.2) is 17.2 Å². The summed E-state index contributed by atoms with van der Waals surface area (Å²) in [5.41, 5.74) is 25.9. The van der Waals surface area contributed by atoms with Crippen molar-refractivity contribution in [3.05, 3.63) is 145 Å². The summed E-state index contributed by atoms with van der Waals surface area (Å²) in [5.74, 6) is 5.10. The van der Waals surface area contributed by atoms with Gasteiger partial charge in [-0.15, -0.1) is 0 Å². The first-order valence-corrected chi connectivity index (χ1v) is 44.2. The summed E-state index contributed by atoms with van der Waals surface area (Å²) in [4.78, 5) is 62.2. The molecule has 6 heterocycles. The molecule has 1 aliphatic carbocycles. The van der Waals surface area contributed by atoms with Gasteiger partial charge in [0, 0.05) is 232 Å². The third-order valence-electron chi connectivity index (χ3n) is 21.3. The highest BCUT2D eigenvalue weighted by Gasteiger charge is 2.28. The van der Waals surface area contributed by atoms with Gasteiger partial charge in [0.2, 0.25) is 5.91 Å². The van der Waals surface area contributed by atoms with E-state index in [4.69, 9.17) is 57.2 Å². The van der Waals surface area contributed by atoms with Crippen molar-refractivity contribution in [2.45, 2.75) is 147 Å². The number of nitro benzene ring substituents is 3. The van der Waals surface area contributed by atoms with E-state index in [1.165, 1.54) is 127 Å². The van der Waals surface area contributed by atoms with Crippen LogP contribution in [0.2, 0.25) is 5.02 Å². The zero-order valence-corrected chi connectivity index (χ0v) is 79.4. The van der Waals surface area contributed by atoms with E-state index in [1.807, 2.05) is 47.4 Å².